The summed E-state index contributed by atoms with van der Waals surface area (Å²) >= 11 is 0. The molecule has 0 aliphatic carbocycles. The Balaban J connectivity index is 1.02. The van der Waals surface area contributed by atoms with Crippen LogP contribution in [0.4, 0.5) is 11.4 Å². The van der Waals surface area contributed by atoms with Crippen LogP contribution in [0.25, 0.3) is 35.7 Å². The van der Waals surface area contributed by atoms with E-state index in [1.807, 2.05) is 36.4 Å². The summed E-state index contributed by atoms with van der Waals surface area (Å²) in [6, 6.07) is 25.2. The van der Waals surface area contributed by atoms with Crippen LogP contribution in [0.3, 0.4) is 0 Å². The van der Waals surface area contributed by atoms with Crippen LogP contribution in [0.15, 0.2) is 72.8 Å². The molecule has 0 saturated carbocycles. The first-order chi connectivity index (χ1) is 20.6. The molecular formula is C34H38N8. The van der Waals surface area contributed by atoms with Gasteiger partial charge in [-0.05, 0) is 85.9 Å². The van der Waals surface area contributed by atoms with Crippen LogP contribution in [0.5, 0.6) is 0 Å². The minimum atomic E-state index is 0.700. The molecule has 2 aromatic heterocycles. The first kappa shape index (κ1) is 27.8. The summed E-state index contributed by atoms with van der Waals surface area (Å²) in [5.41, 5.74) is 7.83. The van der Waals surface area contributed by atoms with E-state index in [9.17, 15) is 0 Å². The van der Waals surface area contributed by atoms with Gasteiger partial charge in [0, 0.05) is 63.7 Å². The van der Waals surface area contributed by atoms with Crippen LogP contribution in [-0.2, 0) is 0 Å². The first-order valence-electron chi connectivity index (χ1n) is 14.7. The molecule has 0 bridgehead atoms. The molecule has 2 aliphatic rings. The Morgan fingerprint density at radius 2 is 0.810 bits per heavy atom. The van der Waals surface area contributed by atoms with E-state index in [1.165, 1.54) is 11.4 Å². The molecule has 2 aliphatic heterocycles. The molecule has 4 heterocycles. The third-order valence-corrected chi connectivity index (χ3v) is 8.05. The number of hydrogen-bond acceptors (Lipinski definition) is 8. The van der Waals surface area contributed by atoms with Gasteiger partial charge in [-0.2, -0.15) is 10.2 Å². The summed E-state index contributed by atoms with van der Waals surface area (Å²) in [6.45, 7) is 8.72. The lowest BCUT2D eigenvalue weighted by molar-refractivity contribution is 0.313. The van der Waals surface area contributed by atoms with Crippen molar-refractivity contribution in [2.45, 2.75) is 0 Å². The molecule has 4 aromatic rings. The zero-order valence-corrected chi connectivity index (χ0v) is 24.5. The Bertz CT molecular complexity index is 1360. The number of benzene rings is 2. The van der Waals surface area contributed by atoms with Crippen molar-refractivity contribution in [1.82, 2.24) is 30.2 Å². The van der Waals surface area contributed by atoms with Gasteiger partial charge in [0.25, 0.3) is 0 Å². The molecule has 8 heteroatoms. The maximum absolute atomic E-state index is 4.38. The Labute approximate surface area is 248 Å². The average Bonchev–Trinajstić information content (AvgIpc) is 3.05. The van der Waals surface area contributed by atoms with Gasteiger partial charge in [0.05, 0.1) is 11.4 Å². The number of aromatic nitrogens is 4. The standard InChI is InChI=1S/C34H38N8/c1-39-19-23-41(24-20-39)31-13-5-27(6-14-31)3-9-29-11-17-33(37-35-29)34-18-12-30(36-38-34)10-4-28-7-15-32(16-8-28)42-25-21-40(2)22-26-42/h3-18H,19-26H2,1-2H3. The van der Waals surface area contributed by atoms with Gasteiger partial charge in [-0.1, -0.05) is 36.4 Å². The SMILES string of the molecule is CN1CCN(c2ccc(C=Cc3ccc(-c4ccc(C=Cc5ccc(N6CCN(C)CC6)cc5)nn4)nn3)cc2)CC1. The summed E-state index contributed by atoms with van der Waals surface area (Å²) in [4.78, 5) is 9.62. The molecule has 0 radical (unpaired) electrons. The number of likely N-dealkylation sites (N-methyl/N-ethyl adjacent to an activating group) is 2. The molecular weight excluding hydrogens is 520 g/mol. The summed E-state index contributed by atoms with van der Waals surface area (Å²) in [5.74, 6) is 0. The molecule has 0 spiro atoms. The molecule has 6 rings (SSSR count). The highest BCUT2D eigenvalue weighted by Gasteiger charge is 2.15. The van der Waals surface area contributed by atoms with Crippen LogP contribution in [0.2, 0.25) is 0 Å². The van der Waals surface area contributed by atoms with Crippen molar-refractivity contribution < 1.29 is 0 Å². The summed E-state index contributed by atoms with van der Waals surface area (Å²) < 4.78 is 0. The Morgan fingerprint density at radius 1 is 0.429 bits per heavy atom. The molecule has 214 valence electrons. The van der Waals surface area contributed by atoms with Gasteiger partial charge in [0.2, 0.25) is 0 Å². The second kappa shape index (κ2) is 13.1. The average molecular weight is 559 g/mol. The van der Waals surface area contributed by atoms with E-state index in [1.54, 1.807) is 0 Å². The molecule has 42 heavy (non-hydrogen) atoms. The highest BCUT2D eigenvalue weighted by Crippen LogP contribution is 2.20. The van der Waals surface area contributed by atoms with E-state index in [-0.39, 0.29) is 0 Å². The van der Waals surface area contributed by atoms with Crippen molar-refractivity contribution in [1.29, 1.82) is 0 Å². The fourth-order valence-corrected chi connectivity index (χ4v) is 5.22. The number of hydrogen-bond donors (Lipinski definition) is 0. The van der Waals surface area contributed by atoms with Gasteiger partial charge >= 0.3 is 0 Å². The highest BCUT2D eigenvalue weighted by molar-refractivity contribution is 5.71. The highest BCUT2D eigenvalue weighted by atomic mass is 15.3. The monoisotopic (exact) mass is 558 g/mol. The van der Waals surface area contributed by atoms with Crippen molar-refractivity contribution in [3.05, 3.63) is 95.3 Å². The number of rotatable bonds is 7. The van der Waals surface area contributed by atoms with Crippen molar-refractivity contribution in [2.75, 3.05) is 76.3 Å². The molecule has 2 aromatic carbocycles. The van der Waals surface area contributed by atoms with Crippen molar-refractivity contribution in [3.8, 4) is 11.4 Å². The van der Waals surface area contributed by atoms with Gasteiger partial charge in [-0.3, -0.25) is 0 Å². The zero-order valence-electron chi connectivity index (χ0n) is 24.5. The molecule has 8 nitrogen and oxygen atoms in total. The maximum Gasteiger partial charge on any atom is 0.113 e. The molecule has 0 atom stereocenters. The second-order valence-electron chi connectivity index (χ2n) is 11.1. The van der Waals surface area contributed by atoms with Crippen LogP contribution in [0.1, 0.15) is 22.5 Å². The molecule has 0 amide bonds. The van der Waals surface area contributed by atoms with Gasteiger partial charge < -0.3 is 19.6 Å². The minimum Gasteiger partial charge on any atom is -0.369 e. The smallest absolute Gasteiger partial charge is 0.113 e. The fraction of sp³-hybridized carbons (Fsp3) is 0.294. The normalized spacial score (nSPS) is 17.0. The summed E-state index contributed by atoms with van der Waals surface area (Å²) in [7, 11) is 4.36. The molecule has 2 saturated heterocycles. The number of piperazine rings is 2. The third kappa shape index (κ3) is 7.08. The maximum atomic E-state index is 4.38. The van der Waals surface area contributed by atoms with Crippen LogP contribution in [-0.4, -0.2) is 96.6 Å². The van der Waals surface area contributed by atoms with Crippen LogP contribution < -0.4 is 9.80 Å². The van der Waals surface area contributed by atoms with E-state index < -0.39 is 0 Å². The lowest BCUT2D eigenvalue weighted by atomic mass is 10.1. The van der Waals surface area contributed by atoms with E-state index >= 15 is 0 Å². The molecule has 0 unspecified atom stereocenters. The summed E-state index contributed by atoms with van der Waals surface area (Å²) in [5, 5.41) is 17.5. The second-order valence-corrected chi connectivity index (χ2v) is 11.1. The van der Waals surface area contributed by atoms with E-state index in [4.69, 9.17) is 0 Å². The van der Waals surface area contributed by atoms with Crippen LogP contribution >= 0.6 is 0 Å². The quantitative estimate of drug-likeness (QED) is 0.321. The van der Waals surface area contributed by atoms with Crippen molar-refractivity contribution >= 4 is 35.7 Å². The Hall–Kier alpha value is -4.40. The van der Waals surface area contributed by atoms with Gasteiger partial charge in [-0.25, -0.2) is 0 Å². The Kier molecular flexibility index (Phi) is 8.63. The molecule has 0 N–H and O–H groups in total. The number of nitrogens with zero attached hydrogens (tertiary/aromatic N) is 8. The van der Waals surface area contributed by atoms with Crippen molar-refractivity contribution in [2.24, 2.45) is 0 Å². The first-order valence-corrected chi connectivity index (χ1v) is 14.7. The van der Waals surface area contributed by atoms with E-state index in [0.29, 0.717) is 11.4 Å². The van der Waals surface area contributed by atoms with E-state index in [2.05, 4.69) is 115 Å². The van der Waals surface area contributed by atoms with Gasteiger partial charge in [0.15, 0.2) is 0 Å². The topological polar surface area (TPSA) is 64.5 Å². The van der Waals surface area contributed by atoms with Gasteiger partial charge in [-0.15, -0.1) is 10.2 Å². The number of anilines is 2. The largest absolute Gasteiger partial charge is 0.369 e. The third-order valence-electron chi connectivity index (χ3n) is 8.05. The lowest BCUT2D eigenvalue weighted by Crippen LogP contribution is -2.44. The molecule has 2 fully saturated rings. The predicted octanol–water partition coefficient (Wildman–Crippen LogP) is 4.78. The minimum absolute atomic E-state index is 0.700. The van der Waals surface area contributed by atoms with E-state index in [0.717, 1.165) is 74.9 Å². The fourth-order valence-electron chi connectivity index (χ4n) is 5.22. The lowest BCUT2D eigenvalue weighted by Gasteiger charge is -2.34. The Morgan fingerprint density at radius 3 is 1.14 bits per heavy atom. The zero-order chi connectivity index (χ0) is 28.7. The summed E-state index contributed by atoms with van der Waals surface area (Å²) in [6.07, 6.45) is 8.11. The van der Waals surface area contributed by atoms with Crippen molar-refractivity contribution in [3.63, 3.8) is 0 Å². The predicted molar refractivity (Wildman–Crippen MR) is 173 cm³/mol. The van der Waals surface area contributed by atoms with Gasteiger partial charge in [0.1, 0.15) is 11.4 Å². The van der Waals surface area contributed by atoms with Crippen LogP contribution in [0, 0.1) is 0 Å².